The van der Waals surface area contributed by atoms with Gasteiger partial charge in [-0.3, -0.25) is 0 Å². The summed E-state index contributed by atoms with van der Waals surface area (Å²) in [7, 11) is 0. The number of hydrogen-bond acceptors (Lipinski definition) is 2. The Balaban J connectivity index is 1.42. The Morgan fingerprint density at radius 1 is 0.941 bits per heavy atom. The molecular formula is C15H26O2. The molecule has 1 saturated heterocycles. The molecule has 0 aromatic rings. The Kier molecular flexibility index (Phi) is 3.45. The van der Waals surface area contributed by atoms with Crippen LogP contribution in [-0.4, -0.2) is 19.5 Å². The van der Waals surface area contributed by atoms with Crippen molar-refractivity contribution < 1.29 is 9.47 Å². The van der Waals surface area contributed by atoms with Crippen LogP contribution in [0.3, 0.4) is 0 Å². The molecule has 0 aromatic carbocycles. The molecule has 0 radical (unpaired) electrons. The largest absolute Gasteiger partial charge is 0.350 e. The van der Waals surface area contributed by atoms with E-state index in [1.165, 1.54) is 25.7 Å². The van der Waals surface area contributed by atoms with Gasteiger partial charge in [-0.05, 0) is 61.7 Å². The highest BCUT2D eigenvalue weighted by Gasteiger charge is 2.47. The van der Waals surface area contributed by atoms with E-state index in [1.54, 1.807) is 0 Å². The summed E-state index contributed by atoms with van der Waals surface area (Å²) in [6.45, 7) is 6.54. The van der Waals surface area contributed by atoms with Gasteiger partial charge in [-0.1, -0.05) is 13.8 Å². The van der Waals surface area contributed by atoms with Crippen molar-refractivity contribution in [2.75, 3.05) is 13.2 Å². The van der Waals surface area contributed by atoms with Crippen LogP contribution in [0.4, 0.5) is 0 Å². The van der Waals surface area contributed by atoms with Gasteiger partial charge >= 0.3 is 0 Å². The Morgan fingerprint density at radius 3 is 2.35 bits per heavy atom. The van der Waals surface area contributed by atoms with Gasteiger partial charge in [-0.15, -0.1) is 0 Å². The van der Waals surface area contributed by atoms with Crippen LogP contribution >= 0.6 is 0 Å². The SMILES string of the molecule is CC1C2CC(CCCC3OCCO3)C(C2)C1C. The molecule has 3 rings (SSSR count). The zero-order chi connectivity index (χ0) is 11.8. The second-order valence-corrected chi connectivity index (χ2v) is 6.48. The molecule has 2 bridgehead atoms. The molecule has 0 N–H and O–H groups in total. The highest BCUT2D eigenvalue weighted by atomic mass is 16.7. The number of ether oxygens (including phenoxy) is 2. The first-order valence-corrected chi connectivity index (χ1v) is 7.49. The lowest BCUT2D eigenvalue weighted by molar-refractivity contribution is -0.0490. The summed E-state index contributed by atoms with van der Waals surface area (Å²) in [6, 6.07) is 0. The van der Waals surface area contributed by atoms with Crippen LogP contribution in [-0.2, 0) is 9.47 Å². The Labute approximate surface area is 105 Å². The first-order chi connectivity index (χ1) is 8.25. The highest BCUT2D eigenvalue weighted by Crippen LogP contribution is 2.56. The van der Waals surface area contributed by atoms with E-state index >= 15 is 0 Å². The topological polar surface area (TPSA) is 18.5 Å². The molecule has 0 amide bonds. The molecule has 17 heavy (non-hydrogen) atoms. The van der Waals surface area contributed by atoms with E-state index < -0.39 is 0 Å². The van der Waals surface area contributed by atoms with Crippen LogP contribution in [0.25, 0.3) is 0 Å². The third kappa shape index (κ3) is 2.26. The first kappa shape index (κ1) is 12.0. The zero-order valence-corrected chi connectivity index (χ0v) is 11.2. The Hall–Kier alpha value is -0.0800. The van der Waals surface area contributed by atoms with Crippen molar-refractivity contribution in [3.05, 3.63) is 0 Å². The van der Waals surface area contributed by atoms with Gasteiger partial charge in [0, 0.05) is 0 Å². The quantitative estimate of drug-likeness (QED) is 0.746. The van der Waals surface area contributed by atoms with E-state index in [0.29, 0.717) is 0 Å². The fraction of sp³-hybridized carbons (Fsp3) is 1.00. The molecule has 3 fully saturated rings. The van der Waals surface area contributed by atoms with Gasteiger partial charge in [-0.25, -0.2) is 0 Å². The van der Waals surface area contributed by atoms with Crippen molar-refractivity contribution in [3.8, 4) is 0 Å². The fourth-order valence-electron chi connectivity index (χ4n) is 4.55. The van der Waals surface area contributed by atoms with E-state index in [2.05, 4.69) is 13.8 Å². The molecule has 0 aromatic heterocycles. The molecule has 2 saturated carbocycles. The molecule has 2 aliphatic carbocycles. The lowest BCUT2D eigenvalue weighted by Gasteiger charge is -2.31. The summed E-state index contributed by atoms with van der Waals surface area (Å²) in [5, 5.41) is 0. The van der Waals surface area contributed by atoms with E-state index in [-0.39, 0.29) is 6.29 Å². The average molecular weight is 238 g/mol. The van der Waals surface area contributed by atoms with Gasteiger partial charge in [-0.2, -0.15) is 0 Å². The minimum atomic E-state index is 0.116. The summed E-state index contributed by atoms with van der Waals surface area (Å²) in [5.41, 5.74) is 0. The van der Waals surface area contributed by atoms with Gasteiger partial charge in [0.25, 0.3) is 0 Å². The lowest BCUT2D eigenvalue weighted by atomic mass is 9.74. The minimum Gasteiger partial charge on any atom is -0.350 e. The maximum atomic E-state index is 5.50. The lowest BCUT2D eigenvalue weighted by Crippen LogP contribution is -2.24. The van der Waals surface area contributed by atoms with Crippen molar-refractivity contribution in [2.45, 2.75) is 52.2 Å². The first-order valence-electron chi connectivity index (χ1n) is 7.49. The normalized spacial score (nSPS) is 45.9. The average Bonchev–Trinajstić information content (AvgIpc) is 3.00. The van der Waals surface area contributed by atoms with Crippen molar-refractivity contribution >= 4 is 0 Å². The maximum absolute atomic E-state index is 5.50. The van der Waals surface area contributed by atoms with Crippen molar-refractivity contribution in [1.82, 2.24) is 0 Å². The fourth-order valence-corrected chi connectivity index (χ4v) is 4.55. The van der Waals surface area contributed by atoms with E-state index in [0.717, 1.165) is 49.2 Å². The van der Waals surface area contributed by atoms with Gasteiger partial charge in [0.2, 0.25) is 0 Å². The van der Waals surface area contributed by atoms with E-state index in [9.17, 15) is 0 Å². The van der Waals surface area contributed by atoms with Crippen LogP contribution < -0.4 is 0 Å². The second-order valence-electron chi connectivity index (χ2n) is 6.48. The second kappa shape index (κ2) is 4.89. The molecule has 2 heteroatoms. The van der Waals surface area contributed by atoms with E-state index in [4.69, 9.17) is 9.47 Å². The van der Waals surface area contributed by atoms with Crippen LogP contribution in [0.1, 0.15) is 46.0 Å². The predicted molar refractivity (Wildman–Crippen MR) is 67.6 cm³/mol. The zero-order valence-electron chi connectivity index (χ0n) is 11.2. The minimum absolute atomic E-state index is 0.116. The smallest absolute Gasteiger partial charge is 0.157 e. The molecule has 98 valence electrons. The summed E-state index contributed by atoms with van der Waals surface area (Å²) in [5.74, 6) is 5.03. The third-order valence-corrected chi connectivity index (χ3v) is 5.74. The van der Waals surface area contributed by atoms with E-state index in [1.807, 2.05) is 0 Å². The van der Waals surface area contributed by atoms with Gasteiger partial charge in [0.1, 0.15) is 0 Å². The molecule has 2 nitrogen and oxygen atoms in total. The summed E-state index contributed by atoms with van der Waals surface area (Å²) in [4.78, 5) is 0. The summed E-state index contributed by atoms with van der Waals surface area (Å²) < 4.78 is 11.0. The highest BCUT2D eigenvalue weighted by molar-refractivity contribution is 4.97. The van der Waals surface area contributed by atoms with Crippen LogP contribution in [0.5, 0.6) is 0 Å². The van der Waals surface area contributed by atoms with Crippen LogP contribution in [0.15, 0.2) is 0 Å². The summed E-state index contributed by atoms with van der Waals surface area (Å²) >= 11 is 0. The molecular weight excluding hydrogens is 212 g/mol. The van der Waals surface area contributed by atoms with Gasteiger partial charge in [0.15, 0.2) is 6.29 Å². The predicted octanol–water partition coefficient (Wildman–Crippen LogP) is 3.46. The van der Waals surface area contributed by atoms with Crippen molar-refractivity contribution in [3.63, 3.8) is 0 Å². The molecule has 1 heterocycles. The molecule has 5 atom stereocenters. The van der Waals surface area contributed by atoms with Gasteiger partial charge in [0.05, 0.1) is 13.2 Å². The molecule has 3 aliphatic rings. The van der Waals surface area contributed by atoms with Crippen molar-refractivity contribution in [2.24, 2.45) is 29.6 Å². The van der Waals surface area contributed by atoms with Crippen LogP contribution in [0.2, 0.25) is 0 Å². The molecule has 0 spiro atoms. The molecule has 1 aliphatic heterocycles. The monoisotopic (exact) mass is 238 g/mol. The maximum Gasteiger partial charge on any atom is 0.157 e. The standard InChI is InChI=1S/C15H26O2/c1-10-11(2)14-9-13(10)8-12(14)4-3-5-15-16-6-7-17-15/h10-15H,3-9H2,1-2H3. The third-order valence-electron chi connectivity index (χ3n) is 5.74. The Bertz CT molecular complexity index is 258. The number of fused-ring (bicyclic) bond motifs is 2. The molecule has 5 unspecified atom stereocenters. The Morgan fingerprint density at radius 2 is 1.71 bits per heavy atom. The van der Waals surface area contributed by atoms with Crippen LogP contribution in [0, 0.1) is 29.6 Å². The van der Waals surface area contributed by atoms with Crippen molar-refractivity contribution in [1.29, 1.82) is 0 Å². The van der Waals surface area contributed by atoms with Gasteiger partial charge < -0.3 is 9.47 Å². The number of rotatable bonds is 4. The summed E-state index contributed by atoms with van der Waals surface area (Å²) in [6.07, 6.45) is 6.94. The number of hydrogen-bond donors (Lipinski definition) is 0.